The Morgan fingerprint density at radius 2 is 1.89 bits per heavy atom. The Kier molecular flexibility index (Phi) is 3.09. The Bertz CT molecular complexity index is 428. The van der Waals surface area contributed by atoms with Crippen LogP contribution in [0.15, 0.2) is 30.3 Å². The first-order chi connectivity index (χ1) is 8.50. The molecule has 3 fully saturated rings. The Morgan fingerprint density at radius 1 is 1.17 bits per heavy atom. The van der Waals surface area contributed by atoms with Gasteiger partial charge in [-0.3, -0.25) is 0 Å². The average Bonchev–Trinajstić information content (AvgIpc) is 2.31. The molecule has 2 heteroatoms. The fraction of sp³-hybridized carbons (Fsp3) is 0.625. The van der Waals surface area contributed by atoms with E-state index in [0.29, 0.717) is 15.0 Å². The molecule has 2 bridgehead atoms. The molecule has 1 aromatic carbocycles. The van der Waals surface area contributed by atoms with Crippen molar-refractivity contribution in [3.8, 4) is 0 Å². The van der Waals surface area contributed by atoms with Crippen LogP contribution in [0.25, 0.3) is 0 Å². The van der Waals surface area contributed by atoms with E-state index < -0.39 is 0 Å². The number of hydrogen-bond acceptors (Lipinski definition) is 1. The first kappa shape index (κ1) is 12.7. The van der Waals surface area contributed by atoms with E-state index in [1.54, 1.807) is 0 Å². The van der Waals surface area contributed by atoms with Crippen molar-refractivity contribution >= 4 is 19.4 Å². The summed E-state index contributed by atoms with van der Waals surface area (Å²) in [6.45, 7) is 6.90. The monoisotopic (exact) mass is 310 g/mol. The molecule has 2 saturated heterocycles. The van der Waals surface area contributed by atoms with Crippen LogP contribution in [-0.4, -0.2) is 26.2 Å². The van der Waals surface area contributed by atoms with Crippen LogP contribution in [0.5, 0.6) is 0 Å². The summed E-state index contributed by atoms with van der Waals surface area (Å²) in [6.07, 6.45) is 3.96. The minimum absolute atomic E-state index is 0.0935. The fourth-order valence-electron chi connectivity index (χ4n) is 3.52. The number of ether oxygens (including phenoxy) is 1. The van der Waals surface area contributed by atoms with Crippen LogP contribution in [0.4, 0.5) is 0 Å². The number of hydrogen-bond donors (Lipinski definition) is 0. The molecule has 3 atom stereocenters. The molecule has 0 amide bonds. The molecule has 1 aromatic rings. The van der Waals surface area contributed by atoms with Gasteiger partial charge in [-0.25, -0.2) is 0 Å². The molecule has 4 rings (SSSR count). The second kappa shape index (κ2) is 4.37. The standard InChI is InChI=1S/C16H22OSe/c1-15(2)12-9-10-16(3,17-15)14(11-12)18-13-7-5-4-6-8-13/h4-8,12,14H,9-11H2,1-3H3. The van der Waals surface area contributed by atoms with Gasteiger partial charge >= 0.3 is 116 Å². The van der Waals surface area contributed by atoms with Gasteiger partial charge in [-0.1, -0.05) is 0 Å². The summed E-state index contributed by atoms with van der Waals surface area (Å²) in [5.41, 5.74) is 0.213. The second-order valence-corrected chi connectivity index (χ2v) is 9.09. The molecule has 98 valence electrons. The van der Waals surface area contributed by atoms with E-state index in [4.69, 9.17) is 4.74 Å². The van der Waals surface area contributed by atoms with E-state index in [1.807, 2.05) is 0 Å². The molecule has 2 heterocycles. The van der Waals surface area contributed by atoms with Crippen LogP contribution in [-0.2, 0) is 4.74 Å². The van der Waals surface area contributed by atoms with Gasteiger partial charge < -0.3 is 0 Å². The van der Waals surface area contributed by atoms with Crippen molar-refractivity contribution in [1.82, 2.24) is 0 Å². The summed E-state index contributed by atoms with van der Waals surface area (Å²) in [7, 11) is 0. The molecule has 1 nitrogen and oxygen atoms in total. The molecular weight excluding hydrogens is 287 g/mol. The molecule has 0 radical (unpaired) electrons. The summed E-state index contributed by atoms with van der Waals surface area (Å²) in [5.74, 6) is 0.759. The first-order valence-corrected chi connectivity index (χ1v) is 8.76. The fourth-order valence-corrected chi connectivity index (χ4v) is 6.43. The predicted octanol–water partition coefficient (Wildman–Crippen LogP) is 3.17. The molecule has 0 aromatic heterocycles. The van der Waals surface area contributed by atoms with Crippen LogP contribution in [0.2, 0.25) is 4.82 Å². The molecule has 18 heavy (non-hydrogen) atoms. The molecule has 1 aliphatic carbocycles. The molecule has 2 aliphatic heterocycles. The number of rotatable bonds is 2. The first-order valence-electron chi connectivity index (χ1n) is 6.91. The normalized spacial score (nSPS) is 37.7. The van der Waals surface area contributed by atoms with Crippen LogP contribution in [0.1, 0.15) is 40.0 Å². The third-order valence-electron chi connectivity index (χ3n) is 4.67. The van der Waals surface area contributed by atoms with Crippen molar-refractivity contribution < 1.29 is 4.74 Å². The van der Waals surface area contributed by atoms with Gasteiger partial charge in [0, 0.05) is 0 Å². The van der Waals surface area contributed by atoms with Crippen molar-refractivity contribution in [2.75, 3.05) is 0 Å². The van der Waals surface area contributed by atoms with E-state index >= 15 is 0 Å². The van der Waals surface area contributed by atoms with E-state index in [1.165, 1.54) is 23.7 Å². The summed E-state index contributed by atoms with van der Waals surface area (Å²) < 4.78 is 7.98. The SMILES string of the molecule is CC1(C)OC2(C)CCC1CC2[Se]c1ccccc1. The molecule has 3 unspecified atom stereocenters. The van der Waals surface area contributed by atoms with E-state index in [9.17, 15) is 0 Å². The third-order valence-corrected chi connectivity index (χ3v) is 7.86. The van der Waals surface area contributed by atoms with Gasteiger partial charge in [0.2, 0.25) is 0 Å². The summed E-state index contributed by atoms with van der Waals surface area (Å²) in [5, 5.41) is 0. The van der Waals surface area contributed by atoms with Crippen LogP contribution < -0.4 is 4.46 Å². The van der Waals surface area contributed by atoms with Crippen LogP contribution in [0.3, 0.4) is 0 Å². The number of benzene rings is 1. The molecular formula is C16H22OSe. The van der Waals surface area contributed by atoms with Gasteiger partial charge in [-0.2, -0.15) is 0 Å². The van der Waals surface area contributed by atoms with E-state index in [0.717, 1.165) is 10.7 Å². The van der Waals surface area contributed by atoms with Crippen molar-refractivity contribution in [3.63, 3.8) is 0 Å². The molecule has 3 aliphatic rings. The van der Waals surface area contributed by atoms with Crippen LogP contribution in [0, 0.1) is 5.92 Å². The summed E-state index contributed by atoms with van der Waals surface area (Å²) >= 11 is 0.547. The zero-order valence-corrected chi connectivity index (χ0v) is 13.2. The number of fused-ring (bicyclic) bond motifs is 3. The Hall–Kier alpha value is -0.301. The van der Waals surface area contributed by atoms with Gasteiger partial charge in [-0.15, -0.1) is 0 Å². The Labute approximate surface area is 116 Å². The van der Waals surface area contributed by atoms with Gasteiger partial charge in [0.15, 0.2) is 0 Å². The van der Waals surface area contributed by atoms with Crippen molar-refractivity contribution in [2.45, 2.75) is 56.1 Å². The van der Waals surface area contributed by atoms with Crippen LogP contribution >= 0.6 is 0 Å². The zero-order chi connectivity index (χ0) is 12.8. The predicted molar refractivity (Wildman–Crippen MR) is 76.5 cm³/mol. The second-order valence-electron chi connectivity index (χ2n) is 6.41. The maximum atomic E-state index is 6.46. The van der Waals surface area contributed by atoms with Gasteiger partial charge in [0.1, 0.15) is 0 Å². The third kappa shape index (κ3) is 2.15. The maximum absolute atomic E-state index is 6.46. The average molecular weight is 309 g/mol. The van der Waals surface area contributed by atoms with Crippen molar-refractivity contribution in [2.24, 2.45) is 5.92 Å². The Morgan fingerprint density at radius 3 is 2.50 bits per heavy atom. The quantitative estimate of drug-likeness (QED) is 0.763. The topological polar surface area (TPSA) is 9.23 Å². The van der Waals surface area contributed by atoms with Gasteiger partial charge in [-0.05, 0) is 0 Å². The van der Waals surface area contributed by atoms with E-state index in [2.05, 4.69) is 51.1 Å². The summed E-state index contributed by atoms with van der Waals surface area (Å²) in [6, 6.07) is 11.0. The minimum atomic E-state index is 0.0935. The Balaban J connectivity index is 1.79. The van der Waals surface area contributed by atoms with Gasteiger partial charge in [0.05, 0.1) is 0 Å². The van der Waals surface area contributed by atoms with Crippen molar-refractivity contribution in [3.05, 3.63) is 30.3 Å². The van der Waals surface area contributed by atoms with Gasteiger partial charge in [0.25, 0.3) is 0 Å². The molecule has 0 spiro atoms. The summed E-state index contributed by atoms with van der Waals surface area (Å²) in [4.78, 5) is 0.749. The van der Waals surface area contributed by atoms with E-state index in [-0.39, 0.29) is 11.2 Å². The molecule has 1 saturated carbocycles. The van der Waals surface area contributed by atoms with Crippen molar-refractivity contribution in [1.29, 1.82) is 0 Å². The molecule has 0 N–H and O–H groups in total. The zero-order valence-electron chi connectivity index (χ0n) is 11.5.